The topological polar surface area (TPSA) is 74.6 Å². The van der Waals surface area contributed by atoms with Crippen LogP contribution in [-0.2, 0) is 16.0 Å². The summed E-state index contributed by atoms with van der Waals surface area (Å²) in [5.41, 5.74) is 0. The van der Waals surface area contributed by atoms with E-state index < -0.39 is 17.9 Å². The minimum atomic E-state index is -1.34. The lowest BCUT2D eigenvalue weighted by Gasteiger charge is -2.04. The lowest BCUT2D eigenvalue weighted by molar-refractivity contribution is -0.154. The highest BCUT2D eigenvalue weighted by molar-refractivity contribution is 7.11. The van der Waals surface area contributed by atoms with E-state index in [1.807, 2.05) is 13.0 Å². The summed E-state index contributed by atoms with van der Waals surface area (Å²) in [6.45, 7) is 1.89. The van der Waals surface area contributed by atoms with Crippen molar-refractivity contribution in [1.29, 1.82) is 0 Å². The van der Waals surface area contributed by atoms with Crippen LogP contribution in [-0.4, -0.2) is 22.2 Å². The maximum atomic E-state index is 10.6. The Hall–Kier alpha value is -1.36. The third-order valence-electron chi connectivity index (χ3n) is 1.80. The van der Waals surface area contributed by atoms with Gasteiger partial charge in [0.15, 0.2) is 5.92 Å². The molecule has 0 radical (unpaired) electrons. The number of hydrogen-bond acceptors (Lipinski definition) is 3. The fraction of sp³-hybridized carbons (Fsp3) is 0.333. The smallest absolute Gasteiger partial charge is 0.318 e. The van der Waals surface area contributed by atoms with Gasteiger partial charge in [-0.15, -0.1) is 11.3 Å². The van der Waals surface area contributed by atoms with Crippen LogP contribution in [0, 0.1) is 12.8 Å². The van der Waals surface area contributed by atoms with Gasteiger partial charge in [-0.05, 0) is 19.1 Å². The van der Waals surface area contributed by atoms with Gasteiger partial charge in [0, 0.05) is 16.2 Å². The van der Waals surface area contributed by atoms with Gasteiger partial charge in [0.2, 0.25) is 0 Å². The van der Waals surface area contributed by atoms with Crippen LogP contribution in [0.5, 0.6) is 0 Å². The van der Waals surface area contributed by atoms with Crippen molar-refractivity contribution in [3.05, 3.63) is 21.9 Å². The monoisotopic (exact) mass is 214 g/mol. The predicted molar refractivity (Wildman–Crippen MR) is 51.5 cm³/mol. The Bertz CT molecular complexity index is 341. The van der Waals surface area contributed by atoms with Crippen molar-refractivity contribution in [2.75, 3.05) is 0 Å². The number of carboxylic acids is 2. The molecule has 0 amide bonds. The third-order valence-corrected chi connectivity index (χ3v) is 2.82. The molecule has 0 aliphatic rings. The molecule has 5 heteroatoms. The molecule has 0 aromatic carbocycles. The standard InChI is InChI=1S/C9H10O4S/c1-5-2-3-6(14-5)4-7(8(10)11)9(12)13/h2-3,7H,4H2,1H3,(H,10,11)(H,12,13). The van der Waals surface area contributed by atoms with Gasteiger partial charge in [0.1, 0.15) is 0 Å². The highest BCUT2D eigenvalue weighted by Gasteiger charge is 2.26. The zero-order valence-electron chi connectivity index (χ0n) is 7.56. The molecule has 0 fully saturated rings. The van der Waals surface area contributed by atoms with E-state index in [1.165, 1.54) is 11.3 Å². The Morgan fingerprint density at radius 2 is 1.93 bits per heavy atom. The molecule has 1 rings (SSSR count). The number of rotatable bonds is 4. The molecule has 14 heavy (non-hydrogen) atoms. The molecule has 76 valence electrons. The number of thiophene rings is 1. The fourth-order valence-corrected chi connectivity index (χ4v) is 2.01. The predicted octanol–water partition coefficient (Wildman–Crippen LogP) is 1.38. The minimum absolute atomic E-state index is 0.0587. The number of carbonyl (C=O) groups is 2. The number of carboxylic acid groups (broad SMARTS) is 2. The van der Waals surface area contributed by atoms with Crippen LogP contribution in [0.4, 0.5) is 0 Å². The highest BCUT2D eigenvalue weighted by Crippen LogP contribution is 2.19. The second-order valence-electron chi connectivity index (χ2n) is 2.95. The quantitative estimate of drug-likeness (QED) is 0.742. The SMILES string of the molecule is Cc1ccc(CC(C(=O)O)C(=O)O)s1. The van der Waals surface area contributed by atoms with Crippen molar-refractivity contribution in [2.45, 2.75) is 13.3 Å². The van der Waals surface area contributed by atoms with Crippen LogP contribution >= 0.6 is 11.3 Å². The Morgan fingerprint density at radius 1 is 1.36 bits per heavy atom. The molecule has 0 spiro atoms. The zero-order chi connectivity index (χ0) is 10.7. The molecule has 0 bridgehead atoms. The van der Waals surface area contributed by atoms with Crippen LogP contribution < -0.4 is 0 Å². The molecule has 1 aromatic heterocycles. The van der Waals surface area contributed by atoms with Crippen molar-refractivity contribution in [3.63, 3.8) is 0 Å². The summed E-state index contributed by atoms with van der Waals surface area (Å²) >= 11 is 1.42. The molecule has 0 aliphatic carbocycles. The fourth-order valence-electron chi connectivity index (χ4n) is 1.08. The van der Waals surface area contributed by atoms with Gasteiger partial charge in [-0.25, -0.2) is 0 Å². The molecular formula is C9H10O4S. The van der Waals surface area contributed by atoms with Gasteiger partial charge >= 0.3 is 11.9 Å². The van der Waals surface area contributed by atoms with E-state index in [-0.39, 0.29) is 6.42 Å². The minimum Gasteiger partial charge on any atom is -0.481 e. The normalized spacial score (nSPS) is 10.4. The Labute approximate surface area is 84.8 Å². The van der Waals surface area contributed by atoms with E-state index >= 15 is 0 Å². The molecule has 1 heterocycles. The summed E-state index contributed by atoms with van der Waals surface area (Å²) in [5, 5.41) is 17.3. The van der Waals surface area contributed by atoms with Crippen molar-refractivity contribution < 1.29 is 19.8 Å². The third kappa shape index (κ3) is 2.56. The largest absolute Gasteiger partial charge is 0.481 e. The van der Waals surface area contributed by atoms with Crippen molar-refractivity contribution in [3.8, 4) is 0 Å². The van der Waals surface area contributed by atoms with Crippen molar-refractivity contribution in [1.82, 2.24) is 0 Å². The summed E-state index contributed by atoms with van der Waals surface area (Å²) in [6, 6.07) is 3.61. The molecule has 1 aromatic rings. The first-order chi connectivity index (χ1) is 6.50. The van der Waals surface area contributed by atoms with E-state index in [4.69, 9.17) is 10.2 Å². The molecule has 0 saturated heterocycles. The summed E-state index contributed by atoms with van der Waals surface area (Å²) in [4.78, 5) is 23.0. The molecule has 0 saturated carbocycles. The molecule has 2 N–H and O–H groups in total. The Morgan fingerprint density at radius 3 is 2.29 bits per heavy atom. The van der Waals surface area contributed by atoms with Crippen LogP contribution in [0.25, 0.3) is 0 Å². The maximum absolute atomic E-state index is 10.6. The summed E-state index contributed by atoms with van der Waals surface area (Å²) in [7, 11) is 0. The van der Waals surface area contributed by atoms with Crippen LogP contribution in [0.15, 0.2) is 12.1 Å². The average molecular weight is 214 g/mol. The van der Waals surface area contributed by atoms with E-state index in [0.29, 0.717) is 0 Å². The first kappa shape index (κ1) is 10.7. The zero-order valence-corrected chi connectivity index (χ0v) is 8.37. The van der Waals surface area contributed by atoms with Crippen LogP contribution in [0.1, 0.15) is 9.75 Å². The van der Waals surface area contributed by atoms with Gasteiger partial charge in [-0.3, -0.25) is 9.59 Å². The maximum Gasteiger partial charge on any atom is 0.318 e. The lowest BCUT2D eigenvalue weighted by atomic mass is 10.1. The molecule has 4 nitrogen and oxygen atoms in total. The summed E-state index contributed by atoms with van der Waals surface area (Å²) < 4.78 is 0. The number of aliphatic carboxylic acids is 2. The second kappa shape index (κ2) is 4.23. The molecule has 0 unspecified atom stereocenters. The van der Waals surface area contributed by atoms with Crippen LogP contribution in [0.2, 0.25) is 0 Å². The summed E-state index contributed by atoms with van der Waals surface area (Å²) in [5.74, 6) is -3.92. The molecular weight excluding hydrogens is 204 g/mol. The Balaban J connectivity index is 2.74. The second-order valence-corrected chi connectivity index (χ2v) is 4.32. The van der Waals surface area contributed by atoms with Crippen molar-refractivity contribution >= 4 is 23.3 Å². The lowest BCUT2D eigenvalue weighted by Crippen LogP contribution is -2.25. The first-order valence-corrected chi connectivity index (χ1v) is 4.83. The molecule has 0 atom stereocenters. The van der Waals surface area contributed by atoms with Crippen molar-refractivity contribution in [2.24, 2.45) is 5.92 Å². The number of aryl methyl sites for hydroxylation is 1. The van der Waals surface area contributed by atoms with E-state index in [1.54, 1.807) is 6.07 Å². The average Bonchev–Trinajstić information content (AvgIpc) is 2.46. The van der Waals surface area contributed by atoms with E-state index in [0.717, 1.165) is 9.75 Å². The van der Waals surface area contributed by atoms with Crippen LogP contribution in [0.3, 0.4) is 0 Å². The van der Waals surface area contributed by atoms with Gasteiger partial charge in [-0.1, -0.05) is 0 Å². The van der Waals surface area contributed by atoms with Gasteiger partial charge in [0.05, 0.1) is 0 Å². The highest BCUT2D eigenvalue weighted by atomic mass is 32.1. The number of hydrogen-bond donors (Lipinski definition) is 2. The Kier molecular flexibility index (Phi) is 3.24. The van der Waals surface area contributed by atoms with E-state index in [9.17, 15) is 9.59 Å². The van der Waals surface area contributed by atoms with Gasteiger partial charge in [0.25, 0.3) is 0 Å². The molecule has 0 aliphatic heterocycles. The van der Waals surface area contributed by atoms with Gasteiger partial charge in [-0.2, -0.15) is 0 Å². The summed E-state index contributed by atoms with van der Waals surface area (Å²) in [6.07, 6.45) is 0.0587. The first-order valence-electron chi connectivity index (χ1n) is 4.01. The van der Waals surface area contributed by atoms with Gasteiger partial charge < -0.3 is 10.2 Å². The van der Waals surface area contributed by atoms with E-state index in [2.05, 4.69) is 0 Å².